The minimum atomic E-state index is -1.43. The maximum absolute atomic E-state index is 9.82. The molecule has 1 rings (SSSR count). The predicted octanol–water partition coefficient (Wildman–Crippen LogP) is -0.532. The van der Waals surface area contributed by atoms with E-state index < -0.39 is 37.3 Å². The SMILES string of the molecule is CC(=CCCC(C)=CCOC1OC(CO)C(O)C(O)C1O)CO. The first-order valence-electron chi connectivity index (χ1n) is 7.75. The molecular weight excluding hydrogens is 304 g/mol. The van der Waals surface area contributed by atoms with Gasteiger partial charge in [-0.2, -0.15) is 0 Å². The average molecular weight is 332 g/mol. The summed E-state index contributed by atoms with van der Waals surface area (Å²) >= 11 is 0. The van der Waals surface area contributed by atoms with Crippen molar-refractivity contribution in [3.8, 4) is 0 Å². The molecule has 1 aliphatic rings. The highest BCUT2D eigenvalue weighted by molar-refractivity contribution is 5.03. The Morgan fingerprint density at radius 1 is 1.00 bits per heavy atom. The van der Waals surface area contributed by atoms with Gasteiger partial charge in [0.25, 0.3) is 0 Å². The van der Waals surface area contributed by atoms with Gasteiger partial charge >= 0.3 is 0 Å². The topological polar surface area (TPSA) is 120 Å². The van der Waals surface area contributed by atoms with Gasteiger partial charge in [-0.05, 0) is 26.7 Å². The zero-order chi connectivity index (χ0) is 17.4. The normalized spacial score (nSPS) is 33.1. The van der Waals surface area contributed by atoms with Crippen LogP contribution in [0.1, 0.15) is 26.7 Å². The van der Waals surface area contributed by atoms with Gasteiger partial charge in [-0.25, -0.2) is 0 Å². The summed E-state index contributed by atoms with van der Waals surface area (Å²) in [5.41, 5.74) is 2.01. The molecule has 0 aromatic carbocycles. The lowest BCUT2D eigenvalue weighted by Crippen LogP contribution is -2.59. The first kappa shape index (κ1) is 20.2. The summed E-state index contributed by atoms with van der Waals surface area (Å²) in [7, 11) is 0. The van der Waals surface area contributed by atoms with Gasteiger partial charge in [0.1, 0.15) is 24.4 Å². The average Bonchev–Trinajstić information content (AvgIpc) is 2.54. The molecule has 134 valence electrons. The molecule has 0 saturated carbocycles. The lowest BCUT2D eigenvalue weighted by atomic mass is 9.99. The third-order valence-electron chi connectivity index (χ3n) is 3.82. The molecule has 1 saturated heterocycles. The maximum Gasteiger partial charge on any atom is 0.187 e. The fourth-order valence-corrected chi connectivity index (χ4v) is 2.20. The zero-order valence-electron chi connectivity index (χ0n) is 13.6. The van der Waals surface area contributed by atoms with E-state index in [9.17, 15) is 15.3 Å². The van der Waals surface area contributed by atoms with Gasteiger partial charge in [0, 0.05) is 0 Å². The summed E-state index contributed by atoms with van der Waals surface area (Å²) in [6, 6.07) is 0. The third kappa shape index (κ3) is 6.31. The van der Waals surface area contributed by atoms with Gasteiger partial charge in [0.2, 0.25) is 0 Å². The molecule has 5 N–H and O–H groups in total. The molecule has 0 bridgehead atoms. The third-order valence-corrected chi connectivity index (χ3v) is 3.82. The van der Waals surface area contributed by atoms with Crippen LogP contribution in [0.5, 0.6) is 0 Å². The van der Waals surface area contributed by atoms with Crippen molar-refractivity contribution in [3.63, 3.8) is 0 Å². The molecule has 0 aromatic heterocycles. The van der Waals surface area contributed by atoms with Crippen LogP contribution in [0.3, 0.4) is 0 Å². The van der Waals surface area contributed by atoms with Gasteiger partial charge in [0.15, 0.2) is 6.29 Å². The smallest absolute Gasteiger partial charge is 0.187 e. The summed E-state index contributed by atoms with van der Waals surface area (Å²) in [6.07, 6.45) is -0.821. The highest BCUT2D eigenvalue weighted by atomic mass is 16.7. The number of allylic oxidation sites excluding steroid dienone is 2. The van der Waals surface area contributed by atoms with Crippen LogP contribution in [0.15, 0.2) is 23.3 Å². The van der Waals surface area contributed by atoms with Crippen molar-refractivity contribution in [1.29, 1.82) is 0 Å². The summed E-state index contributed by atoms with van der Waals surface area (Å²) in [5.74, 6) is 0. The van der Waals surface area contributed by atoms with E-state index in [1.807, 2.05) is 26.0 Å². The highest BCUT2D eigenvalue weighted by Crippen LogP contribution is 2.22. The van der Waals surface area contributed by atoms with Gasteiger partial charge in [-0.1, -0.05) is 23.3 Å². The standard InChI is InChI=1S/C16H28O7/c1-10(4-3-5-11(2)8-17)6-7-22-16-15(21)14(20)13(19)12(9-18)23-16/h5-6,12-21H,3-4,7-9H2,1-2H3. The van der Waals surface area contributed by atoms with E-state index in [-0.39, 0.29) is 13.2 Å². The Bertz CT molecular complexity index is 405. The highest BCUT2D eigenvalue weighted by Gasteiger charge is 2.43. The molecule has 5 unspecified atom stereocenters. The monoisotopic (exact) mass is 332 g/mol. The Balaban J connectivity index is 2.42. The number of aliphatic hydroxyl groups is 5. The van der Waals surface area contributed by atoms with Gasteiger partial charge in [-0.15, -0.1) is 0 Å². The molecule has 0 amide bonds. The first-order chi connectivity index (χ1) is 10.9. The van der Waals surface area contributed by atoms with Crippen molar-refractivity contribution in [2.75, 3.05) is 19.8 Å². The second kappa shape index (κ2) is 10.1. The summed E-state index contributed by atoms with van der Waals surface area (Å²) < 4.78 is 10.6. The van der Waals surface area contributed by atoms with Crippen LogP contribution >= 0.6 is 0 Å². The van der Waals surface area contributed by atoms with Crippen LogP contribution in [0.4, 0.5) is 0 Å². The number of hydrogen-bond acceptors (Lipinski definition) is 7. The van der Waals surface area contributed by atoms with E-state index in [1.165, 1.54) is 0 Å². The minimum Gasteiger partial charge on any atom is -0.394 e. The largest absolute Gasteiger partial charge is 0.394 e. The second-order valence-electron chi connectivity index (χ2n) is 5.83. The fourth-order valence-electron chi connectivity index (χ4n) is 2.20. The van der Waals surface area contributed by atoms with E-state index in [0.717, 1.165) is 24.0 Å². The molecule has 0 aliphatic carbocycles. The number of rotatable bonds is 8. The summed E-state index contributed by atoms with van der Waals surface area (Å²) in [5, 5.41) is 47.1. The van der Waals surface area contributed by atoms with Crippen molar-refractivity contribution < 1.29 is 35.0 Å². The first-order valence-corrected chi connectivity index (χ1v) is 7.75. The van der Waals surface area contributed by atoms with Crippen LogP contribution < -0.4 is 0 Å². The molecular formula is C16H28O7. The van der Waals surface area contributed by atoms with E-state index in [4.69, 9.17) is 19.7 Å². The molecule has 0 aromatic rings. The van der Waals surface area contributed by atoms with Gasteiger partial charge in [0.05, 0.1) is 19.8 Å². The number of ether oxygens (including phenoxy) is 2. The summed E-state index contributed by atoms with van der Waals surface area (Å²) in [6.45, 7) is 3.57. The fraction of sp³-hybridized carbons (Fsp3) is 0.750. The Morgan fingerprint density at radius 3 is 2.30 bits per heavy atom. The lowest BCUT2D eigenvalue weighted by Gasteiger charge is -2.39. The van der Waals surface area contributed by atoms with Gasteiger partial charge < -0.3 is 35.0 Å². The van der Waals surface area contributed by atoms with Crippen LogP contribution in [0, 0.1) is 0 Å². The quantitative estimate of drug-likeness (QED) is 0.379. The maximum atomic E-state index is 9.82. The van der Waals surface area contributed by atoms with Crippen molar-refractivity contribution in [3.05, 3.63) is 23.3 Å². The molecule has 5 atom stereocenters. The molecule has 23 heavy (non-hydrogen) atoms. The van der Waals surface area contributed by atoms with Gasteiger partial charge in [-0.3, -0.25) is 0 Å². The van der Waals surface area contributed by atoms with E-state index in [2.05, 4.69) is 0 Å². The molecule has 0 spiro atoms. The van der Waals surface area contributed by atoms with Crippen molar-refractivity contribution >= 4 is 0 Å². The Labute approximate surface area is 136 Å². The summed E-state index contributed by atoms with van der Waals surface area (Å²) in [4.78, 5) is 0. The van der Waals surface area contributed by atoms with E-state index in [0.29, 0.717) is 0 Å². The van der Waals surface area contributed by atoms with Crippen molar-refractivity contribution in [2.24, 2.45) is 0 Å². The van der Waals surface area contributed by atoms with E-state index >= 15 is 0 Å². The van der Waals surface area contributed by atoms with Crippen molar-refractivity contribution in [1.82, 2.24) is 0 Å². The number of hydrogen-bond donors (Lipinski definition) is 5. The Morgan fingerprint density at radius 2 is 1.70 bits per heavy atom. The second-order valence-corrected chi connectivity index (χ2v) is 5.83. The van der Waals surface area contributed by atoms with Crippen LogP contribution in [0.2, 0.25) is 0 Å². The zero-order valence-corrected chi connectivity index (χ0v) is 13.6. The Hall–Kier alpha value is -0.800. The molecule has 1 heterocycles. The van der Waals surface area contributed by atoms with Crippen LogP contribution in [-0.4, -0.2) is 76.1 Å². The lowest BCUT2D eigenvalue weighted by molar-refractivity contribution is -0.298. The van der Waals surface area contributed by atoms with Crippen molar-refractivity contribution in [2.45, 2.75) is 57.4 Å². The molecule has 0 radical (unpaired) electrons. The molecule has 1 fully saturated rings. The Kier molecular flexibility index (Phi) is 8.93. The van der Waals surface area contributed by atoms with E-state index in [1.54, 1.807) is 0 Å². The number of aliphatic hydroxyl groups excluding tert-OH is 5. The molecule has 7 nitrogen and oxygen atoms in total. The molecule has 1 aliphatic heterocycles. The van der Waals surface area contributed by atoms with Crippen LogP contribution in [-0.2, 0) is 9.47 Å². The molecule has 7 heteroatoms. The van der Waals surface area contributed by atoms with Crippen LogP contribution in [0.25, 0.3) is 0 Å². The predicted molar refractivity (Wildman–Crippen MR) is 83.6 cm³/mol. The minimum absolute atomic E-state index is 0.0585.